The first-order valence-electron chi connectivity index (χ1n) is 9.25. The van der Waals surface area contributed by atoms with Gasteiger partial charge in [-0.3, -0.25) is 4.90 Å². The smallest absolute Gasteiger partial charge is 0.147 e. The quantitative estimate of drug-likeness (QED) is 0.805. The lowest BCUT2D eigenvalue weighted by Crippen LogP contribution is -2.36. The number of nitrogens with two attached hydrogens (primary N) is 1. The van der Waals surface area contributed by atoms with Crippen LogP contribution in [0.2, 0.25) is 5.02 Å². The fourth-order valence-corrected chi connectivity index (χ4v) is 3.98. The van der Waals surface area contributed by atoms with Gasteiger partial charge >= 0.3 is 0 Å². The lowest BCUT2D eigenvalue weighted by Gasteiger charge is -2.32. The van der Waals surface area contributed by atoms with Crippen molar-refractivity contribution < 1.29 is 4.74 Å². The summed E-state index contributed by atoms with van der Waals surface area (Å²) in [7, 11) is 3.78. The molecule has 1 heterocycles. The number of ether oxygens (including phenoxy) is 1. The molecule has 1 aromatic heterocycles. The maximum absolute atomic E-state index is 6.15. The second kappa shape index (κ2) is 7.18. The van der Waals surface area contributed by atoms with E-state index < -0.39 is 0 Å². The van der Waals surface area contributed by atoms with Crippen LogP contribution in [0.5, 0.6) is 5.75 Å². The molecule has 2 N–H and O–H groups in total. The first-order valence-corrected chi connectivity index (χ1v) is 9.63. The number of hydrogen-bond donors (Lipinski definition) is 1. The minimum atomic E-state index is 0.325. The Morgan fingerprint density at radius 1 is 1.27 bits per heavy atom. The Balaban J connectivity index is 1.50. The number of methoxy groups -OCH3 is 1. The van der Waals surface area contributed by atoms with Crippen LogP contribution in [0.3, 0.4) is 0 Å². The van der Waals surface area contributed by atoms with Gasteiger partial charge in [0.1, 0.15) is 17.4 Å². The summed E-state index contributed by atoms with van der Waals surface area (Å²) in [6, 6.07) is 6.62. The topological polar surface area (TPSA) is 69.2 Å². The van der Waals surface area contributed by atoms with Crippen LogP contribution >= 0.6 is 11.6 Å². The highest BCUT2D eigenvalue weighted by Crippen LogP contribution is 2.42. The number of aromatic nitrogens is 3. The van der Waals surface area contributed by atoms with E-state index in [0.29, 0.717) is 18.0 Å². The summed E-state index contributed by atoms with van der Waals surface area (Å²) in [5.74, 6) is 3.52. The Morgan fingerprint density at radius 3 is 2.69 bits per heavy atom. The molecule has 1 aromatic carbocycles. The van der Waals surface area contributed by atoms with Gasteiger partial charge in [0.05, 0.1) is 13.7 Å². The van der Waals surface area contributed by atoms with Gasteiger partial charge < -0.3 is 15.0 Å². The zero-order valence-electron chi connectivity index (χ0n) is 15.4. The largest absolute Gasteiger partial charge is 0.496 e. The van der Waals surface area contributed by atoms with Crippen LogP contribution in [-0.4, -0.2) is 39.9 Å². The molecule has 140 valence electrons. The zero-order valence-corrected chi connectivity index (χ0v) is 16.1. The van der Waals surface area contributed by atoms with Crippen molar-refractivity contribution >= 4 is 11.6 Å². The number of benzene rings is 1. The second-order valence-corrected chi connectivity index (χ2v) is 8.07. The molecule has 2 aliphatic carbocycles. The van der Waals surface area contributed by atoms with Crippen molar-refractivity contribution in [2.75, 3.05) is 14.2 Å². The van der Waals surface area contributed by atoms with E-state index in [2.05, 4.69) is 26.7 Å². The van der Waals surface area contributed by atoms with Crippen LogP contribution < -0.4 is 10.5 Å². The van der Waals surface area contributed by atoms with E-state index in [1.54, 1.807) is 7.11 Å². The van der Waals surface area contributed by atoms with Crippen LogP contribution in [0.4, 0.5) is 0 Å². The third-order valence-corrected chi connectivity index (χ3v) is 5.57. The molecule has 26 heavy (non-hydrogen) atoms. The van der Waals surface area contributed by atoms with Crippen LogP contribution in [0.25, 0.3) is 0 Å². The molecular formula is C19H26ClN5O. The van der Waals surface area contributed by atoms with E-state index in [-0.39, 0.29) is 0 Å². The molecule has 2 fully saturated rings. The first-order chi connectivity index (χ1) is 12.5. The van der Waals surface area contributed by atoms with Crippen molar-refractivity contribution in [1.29, 1.82) is 0 Å². The van der Waals surface area contributed by atoms with Crippen molar-refractivity contribution in [3.05, 3.63) is 40.4 Å². The summed E-state index contributed by atoms with van der Waals surface area (Å²) in [5, 5.41) is 9.77. The first kappa shape index (κ1) is 17.8. The Bertz CT molecular complexity index is 782. The maximum atomic E-state index is 6.15. The molecule has 2 saturated carbocycles. The fraction of sp³-hybridized carbons (Fsp3) is 0.579. The SMILES string of the molecule is COc1ccc(Cl)cc1CN(C)Cc1nnc(C2CC(N)C2)n1C1CC1. The van der Waals surface area contributed by atoms with E-state index >= 15 is 0 Å². The molecule has 0 saturated heterocycles. The molecule has 0 unspecified atom stereocenters. The van der Waals surface area contributed by atoms with E-state index in [4.69, 9.17) is 22.1 Å². The molecule has 0 spiro atoms. The summed E-state index contributed by atoms with van der Waals surface area (Å²) in [4.78, 5) is 2.23. The van der Waals surface area contributed by atoms with E-state index in [0.717, 1.165) is 53.9 Å². The molecular weight excluding hydrogens is 350 g/mol. The second-order valence-electron chi connectivity index (χ2n) is 7.63. The Hall–Kier alpha value is -1.63. The highest BCUT2D eigenvalue weighted by Gasteiger charge is 2.37. The van der Waals surface area contributed by atoms with Crippen molar-refractivity contribution in [3.63, 3.8) is 0 Å². The number of nitrogens with zero attached hydrogens (tertiary/aromatic N) is 4. The Labute approximate surface area is 159 Å². The molecule has 0 atom stereocenters. The van der Waals surface area contributed by atoms with Gasteiger partial charge in [0.2, 0.25) is 0 Å². The maximum Gasteiger partial charge on any atom is 0.147 e. The van der Waals surface area contributed by atoms with Gasteiger partial charge in [0.25, 0.3) is 0 Å². The monoisotopic (exact) mass is 375 g/mol. The van der Waals surface area contributed by atoms with Gasteiger partial charge in [-0.1, -0.05) is 11.6 Å². The number of hydrogen-bond acceptors (Lipinski definition) is 5. The van der Waals surface area contributed by atoms with Gasteiger partial charge in [-0.15, -0.1) is 10.2 Å². The number of rotatable bonds is 7. The lowest BCUT2D eigenvalue weighted by molar-refractivity contribution is 0.293. The molecule has 4 rings (SSSR count). The van der Waals surface area contributed by atoms with Gasteiger partial charge in [-0.2, -0.15) is 0 Å². The van der Waals surface area contributed by atoms with Gasteiger partial charge in [-0.25, -0.2) is 0 Å². The van der Waals surface area contributed by atoms with Crippen molar-refractivity contribution in [2.45, 2.75) is 56.8 Å². The van der Waals surface area contributed by atoms with Crippen LogP contribution in [0.15, 0.2) is 18.2 Å². The highest BCUT2D eigenvalue weighted by molar-refractivity contribution is 6.30. The third-order valence-electron chi connectivity index (χ3n) is 5.34. The molecule has 2 aromatic rings. The highest BCUT2D eigenvalue weighted by atomic mass is 35.5. The van der Waals surface area contributed by atoms with Crippen LogP contribution in [0.1, 0.15) is 54.9 Å². The molecule has 0 bridgehead atoms. The summed E-state index contributed by atoms with van der Waals surface area (Å²) in [6.07, 6.45) is 4.51. The molecule has 2 aliphatic rings. The fourth-order valence-electron chi connectivity index (χ4n) is 3.79. The van der Waals surface area contributed by atoms with E-state index in [9.17, 15) is 0 Å². The predicted molar refractivity (Wildman–Crippen MR) is 101 cm³/mol. The minimum Gasteiger partial charge on any atom is -0.496 e. The zero-order chi connectivity index (χ0) is 18.3. The third kappa shape index (κ3) is 3.59. The van der Waals surface area contributed by atoms with Gasteiger partial charge in [0, 0.05) is 35.1 Å². The Kier molecular flexibility index (Phi) is 4.90. The summed E-state index contributed by atoms with van der Waals surface area (Å²) in [5.41, 5.74) is 7.05. The van der Waals surface area contributed by atoms with Gasteiger partial charge in [-0.05, 0) is 50.9 Å². The van der Waals surface area contributed by atoms with E-state index in [1.807, 2.05) is 18.2 Å². The van der Waals surface area contributed by atoms with Gasteiger partial charge in [0.15, 0.2) is 0 Å². The summed E-state index contributed by atoms with van der Waals surface area (Å²) in [6.45, 7) is 1.49. The average Bonchev–Trinajstić information content (AvgIpc) is 3.33. The molecule has 0 radical (unpaired) electrons. The molecule has 6 nitrogen and oxygen atoms in total. The summed E-state index contributed by atoms with van der Waals surface area (Å²) >= 11 is 6.15. The molecule has 0 aliphatic heterocycles. The number of halogens is 1. The normalized spacial score (nSPS) is 22.5. The van der Waals surface area contributed by atoms with E-state index in [1.165, 1.54) is 12.8 Å². The average molecular weight is 376 g/mol. The standard InChI is InChI=1S/C19H26ClN5O/c1-24(10-13-7-14(20)3-6-17(13)26-2)11-18-22-23-19(12-8-15(21)9-12)25(18)16-4-5-16/h3,6-7,12,15-16H,4-5,8-11,21H2,1-2H3. The van der Waals surface area contributed by atoms with Crippen molar-refractivity contribution in [3.8, 4) is 5.75 Å². The van der Waals surface area contributed by atoms with Crippen LogP contribution in [0, 0.1) is 0 Å². The molecule has 0 amide bonds. The van der Waals surface area contributed by atoms with Crippen molar-refractivity contribution in [1.82, 2.24) is 19.7 Å². The van der Waals surface area contributed by atoms with Crippen LogP contribution in [-0.2, 0) is 13.1 Å². The summed E-state index contributed by atoms with van der Waals surface area (Å²) < 4.78 is 7.84. The molecule has 7 heteroatoms. The Morgan fingerprint density at radius 2 is 2.04 bits per heavy atom. The lowest BCUT2D eigenvalue weighted by atomic mass is 9.80. The minimum absolute atomic E-state index is 0.325. The van der Waals surface area contributed by atoms with Crippen molar-refractivity contribution in [2.24, 2.45) is 5.73 Å². The predicted octanol–water partition coefficient (Wildman–Crippen LogP) is 3.11.